The number of rotatable bonds is 3. The lowest BCUT2D eigenvalue weighted by atomic mass is 10.1. The van der Waals surface area contributed by atoms with Crippen molar-refractivity contribution in [2.75, 3.05) is 5.32 Å². The van der Waals surface area contributed by atoms with Crippen LogP contribution in [0.2, 0.25) is 0 Å². The van der Waals surface area contributed by atoms with Crippen LogP contribution < -0.4 is 10.9 Å². The SMILES string of the molecule is CC.Cn1nc(CC(=O)Nc2ccc(Br)cc2F)c2ccccc2c1=O. The molecule has 3 rings (SSSR count). The molecule has 0 aliphatic carbocycles. The predicted octanol–water partition coefficient (Wildman–Crippen LogP) is 4.04. The third-order valence-electron chi connectivity index (χ3n) is 3.57. The Kier molecular flexibility index (Phi) is 6.63. The fourth-order valence-corrected chi connectivity index (χ4v) is 2.78. The number of amides is 1. The van der Waals surface area contributed by atoms with Crippen LogP contribution in [0.5, 0.6) is 0 Å². The molecule has 1 N–H and O–H groups in total. The topological polar surface area (TPSA) is 64.0 Å². The monoisotopic (exact) mass is 419 g/mol. The molecule has 0 spiro atoms. The second kappa shape index (κ2) is 8.71. The molecule has 0 radical (unpaired) electrons. The summed E-state index contributed by atoms with van der Waals surface area (Å²) in [7, 11) is 1.53. The number of nitrogens with one attached hydrogen (secondary N) is 1. The summed E-state index contributed by atoms with van der Waals surface area (Å²) < 4.78 is 15.6. The van der Waals surface area contributed by atoms with E-state index >= 15 is 0 Å². The molecule has 0 atom stereocenters. The van der Waals surface area contributed by atoms with Gasteiger partial charge in [-0.25, -0.2) is 9.07 Å². The fraction of sp³-hybridized carbons (Fsp3) is 0.211. The first kappa shape index (κ1) is 19.8. The lowest BCUT2D eigenvalue weighted by molar-refractivity contribution is -0.115. The highest BCUT2D eigenvalue weighted by atomic mass is 79.9. The Balaban J connectivity index is 0.00000117. The number of anilines is 1. The van der Waals surface area contributed by atoms with Gasteiger partial charge >= 0.3 is 0 Å². The van der Waals surface area contributed by atoms with Crippen LogP contribution in [0, 0.1) is 5.82 Å². The Morgan fingerprint density at radius 3 is 2.50 bits per heavy atom. The van der Waals surface area contributed by atoms with Crippen LogP contribution in [0.15, 0.2) is 51.7 Å². The molecule has 0 aliphatic heterocycles. The van der Waals surface area contributed by atoms with Crippen molar-refractivity contribution in [2.24, 2.45) is 7.05 Å². The zero-order valence-electron chi connectivity index (χ0n) is 14.7. The van der Waals surface area contributed by atoms with Gasteiger partial charge in [-0.05, 0) is 24.3 Å². The number of fused-ring (bicyclic) bond motifs is 1. The van der Waals surface area contributed by atoms with Crippen molar-refractivity contribution in [3.8, 4) is 0 Å². The van der Waals surface area contributed by atoms with Crippen LogP contribution in [0.3, 0.4) is 0 Å². The molecule has 0 unspecified atom stereocenters. The highest BCUT2D eigenvalue weighted by Gasteiger charge is 2.13. The van der Waals surface area contributed by atoms with Crippen molar-refractivity contribution >= 4 is 38.3 Å². The Bertz CT molecular complexity index is 1000. The van der Waals surface area contributed by atoms with E-state index in [2.05, 4.69) is 26.3 Å². The third-order valence-corrected chi connectivity index (χ3v) is 4.06. The molecule has 5 nitrogen and oxygen atoms in total. The number of aromatic nitrogens is 2. The smallest absolute Gasteiger partial charge is 0.274 e. The molecule has 1 amide bonds. The molecular formula is C19H19BrFN3O2. The van der Waals surface area contributed by atoms with Gasteiger partial charge in [-0.3, -0.25) is 9.59 Å². The standard InChI is InChI=1S/C17H13BrFN3O2.C2H6/c1-22-17(24)12-5-3-2-4-11(12)15(21-22)9-16(23)20-14-7-6-10(18)8-13(14)19;1-2/h2-8H,9H2,1H3,(H,20,23);1-2H3. The first-order chi connectivity index (χ1) is 12.5. The molecule has 7 heteroatoms. The molecular weight excluding hydrogens is 401 g/mol. The average Bonchev–Trinajstić information content (AvgIpc) is 2.63. The Hall–Kier alpha value is -2.54. The van der Waals surface area contributed by atoms with Crippen LogP contribution in [0.25, 0.3) is 10.8 Å². The predicted molar refractivity (Wildman–Crippen MR) is 105 cm³/mol. The van der Waals surface area contributed by atoms with Gasteiger partial charge in [0.15, 0.2) is 0 Å². The third kappa shape index (κ3) is 4.35. The normalized spacial score (nSPS) is 10.2. The minimum absolute atomic E-state index is 0.0653. The van der Waals surface area contributed by atoms with E-state index in [9.17, 15) is 14.0 Å². The summed E-state index contributed by atoms with van der Waals surface area (Å²) in [4.78, 5) is 24.3. The fourth-order valence-electron chi connectivity index (χ4n) is 2.44. The molecule has 1 aromatic heterocycles. The van der Waals surface area contributed by atoms with E-state index in [1.807, 2.05) is 13.8 Å². The van der Waals surface area contributed by atoms with E-state index in [0.29, 0.717) is 20.9 Å². The average molecular weight is 420 g/mol. The summed E-state index contributed by atoms with van der Waals surface area (Å²) in [6, 6.07) is 11.4. The van der Waals surface area contributed by atoms with Crippen LogP contribution in [-0.4, -0.2) is 15.7 Å². The Labute approximate surface area is 159 Å². The quantitative estimate of drug-likeness (QED) is 0.696. The van der Waals surface area contributed by atoms with E-state index in [4.69, 9.17) is 0 Å². The number of hydrogen-bond donors (Lipinski definition) is 1. The molecule has 136 valence electrons. The van der Waals surface area contributed by atoms with Crippen molar-refractivity contribution in [2.45, 2.75) is 20.3 Å². The van der Waals surface area contributed by atoms with Crippen molar-refractivity contribution in [3.63, 3.8) is 0 Å². The summed E-state index contributed by atoms with van der Waals surface area (Å²) >= 11 is 3.16. The zero-order valence-corrected chi connectivity index (χ0v) is 16.3. The molecule has 0 saturated carbocycles. The first-order valence-corrected chi connectivity index (χ1v) is 8.95. The van der Waals surface area contributed by atoms with Crippen LogP contribution in [0.4, 0.5) is 10.1 Å². The largest absolute Gasteiger partial charge is 0.323 e. The second-order valence-electron chi connectivity index (χ2n) is 5.27. The first-order valence-electron chi connectivity index (χ1n) is 8.15. The number of aryl methyl sites for hydroxylation is 1. The molecule has 26 heavy (non-hydrogen) atoms. The lowest BCUT2D eigenvalue weighted by Crippen LogP contribution is -2.24. The molecule has 0 saturated heterocycles. The number of halogens is 2. The van der Waals surface area contributed by atoms with Crippen molar-refractivity contribution in [1.29, 1.82) is 0 Å². The lowest BCUT2D eigenvalue weighted by Gasteiger charge is -2.09. The molecule has 3 aromatic rings. The molecule has 0 bridgehead atoms. The maximum atomic E-state index is 13.8. The van der Waals surface area contributed by atoms with Crippen molar-refractivity contribution < 1.29 is 9.18 Å². The van der Waals surface area contributed by atoms with E-state index < -0.39 is 11.7 Å². The number of carbonyl (C=O) groups excluding carboxylic acids is 1. The number of nitrogens with zero attached hydrogens (tertiary/aromatic N) is 2. The summed E-state index contributed by atoms with van der Waals surface area (Å²) in [6.45, 7) is 4.00. The maximum absolute atomic E-state index is 13.8. The van der Waals surface area contributed by atoms with Crippen LogP contribution >= 0.6 is 15.9 Å². The van der Waals surface area contributed by atoms with Gasteiger partial charge in [0.1, 0.15) is 5.82 Å². The van der Waals surface area contributed by atoms with Gasteiger partial charge in [-0.15, -0.1) is 0 Å². The number of benzene rings is 2. The van der Waals surface area contributed by atoms with Gasteiger partial charge in [0.05, 0.1) is 23.2 Å². The van der Waals surface area contributed by atoms with Gasteiger partial charge in [0.2, 0.25) is 5.91 Å². The number of carbonyl (C=O) groups is 1. The minimum Gasteiger partial charge on any atom is -0.323 e. The van der Waals surface area contributed by atoms with Crippen LogP contribution in [-0.2, 0) is 18.3 Å². The maximum Gasteiger partial charge on any atom is 0.274 e. The van der Waals surface area contributed by atoms with E-state index in [-0.39, 0.29) is 17.7 Å². The van der Waals surface area contributed by atoms with Crippen molar-refractivity contribution in [1.82, 2.24) is 9.78 Å². The summed E-state index contributed by atoms with van der Waals surface area (Å²) in [5, 5.41) is 7.79. The van der Waals surface area contributed by atoms with Gasteiger partial charge in [-0.2, -0.15) is 5.10 Å². The molecule has 2 aromatic carbocycles. The molecule has 0 fully saturated rings. The van der Waals surface area contributed by atoms with Crippen LogP contribution in [0.1, 0.15) is 19.5 Å². The zero-order chi connectivity index (χ0) is 19.3. The Morgan fingerprint density at radius 1 is 1.19 bits per heavy atom. The van der Waals surface area contributed by atoms with Crippen molar-refractivity contribution in [3.05, 3.63) is 68.8 Å². The Morgan fingerprint density at radius 2 is 1.85 bits per heavy atom. The van der Waals surface area contributed by atoms with E-state index in [1.165, 1.54) is 23.9 Å². The summed E-state index contributed by atoms with van der Waals surface area (Å²) in [6.07, 6.45) is -0.0653. The van der Waals surface area contributed by atoms with Gasteiger partial charge in [-0.1, -0.05) is 48.0 Å². The number of hydrogen-bond acceptors (Lipinski definition) is 3. The highest BCUT2D eigenvalue weighted by molar-refractivity contribution is 9.10. The minimum atomic E-state index is -0.531. The van der Waals surface area contributed by atoms with Gasteiger partial charge < -0.3 is 5.32 Å². The molecule has 1 heterocycles. The van der Waals surface area contributed by atoms with Gasteiger partial charge in [0.25, 0.3) is 5.56 Å². The summed E-state index contributed by atoms with van der Waals surface area (Å²) in [5.41, 5.74) is 0.328. The second-order valence-corrected chi connectivity index (χ2v) is 6.19. The van der Waals surface area contributed by atoms with E-state index in [1.54, 1.807) is 30.3 Å². The highest BCUT2D eigenvalue weighted by Crippen LogP contribution is 2.20. The summed E-state index contributed by atoms with van der Waals surface area (Å²) in [5.74, 6) is -0.941. The van der Waals surface area contributed by atoms with E-state index in [0.717, 1.165) is 0 Å². The molecule has 0 aliphatic rings. The van der Waals surface area contributed by atoms with Gasteiger partial charge in [0, 0.05) is 16.9 Å².